The van der Waals surface area contributed by atoms with Crippen molar-refractivity contribution in [3.05, 3.63) is 70.5 Å². The van der Waals surface area contributed by atoms with Crippen molar-refractivity contribution in [1.29, 1.82) is 0 Å². The Morgan fingerprint density at radius 1 is 1.12 bits per heavy atom. The summed E-state index contributed by atoms with van der Waals surface area (Å²) in [6.45, 7) is 0.339. The standard InChI is InChI=1S/C23H21ClN4O2S2/c1-29-18-10-6-15(7-11-18)22-25-16(13-31-22)14-32-23-27-26-21(28(23)17-8-9-17)12-30-20-5-3-2-4-19(20)24/h2-7,10-11,13,17H,8-9,12,14H2,1H3. The first-order valence-corrected chi connectivity index (χ1v) is 12.5. The van der Waals surface area contributed by atoms with Gasteiger partial charge in [0, 0.05) is 22.7 Å². The van der Waals surface area contributed by atoms with Crippen molar-refractivity contribution in [3.63, 3.8) is 0 Å². The largest absolute Gasteiger partial charge is 0.497 e. The number of halogens is 1. The van der Waals surface area contributed by atoms with Gasteiger partial charge in [0.1, 0.15) is 23.1 Å². The SMILES string of the molecule is COc1ccc(-c2nc(CSc3nnc(COc4ccccc4Cl)n3C3CC3)cs2)cc1. The summed E-state index contributed by atoms with van der Waals surface area (Å²) < 4.78 is 13.3. The molecule has 1 aliphatic rings. The zero-order valence-electron chi connectivity index (χ0n) is 17.4. The van der Waals surface area contributed by atoms with Crippen LogP contribution in [0.3, 0.4) is 0 Å². The number of thiazole rings is 1. The molecule has 1 saturated carbocycles. The Kier molecular flexibility index (Phi) is 6.34. The minimum Gasteiger partial charge on any atom is -0.497 e. The first-order valence-electron chi connectivity index (χ1n) is 10.2. The molecule has 1 aliphatic carbocycles. The number of hydrogen-bond donors (Lipinski definition) is 0. The molecule has 2 heterocycles. The van der Waals surface area contributed by atoms with Crippen molar-refractivity contribution in [3.8, 4) is 22.1 Å². The summed E-state index contributed by atoms with van der Waals surface area (Å²) in [4.78, 5) is 4.79. The van der Waals surface area contributed by atoms with Crippen LogP contribution in [0.2, 0.25) is 5.02 Å². The van der Waals surface area contributed by atoms with E-state index in [9.17, 15) is 0 Å². The van der Waals surface area contributed by atoms with Gasteiger partial charge in [0.25, 0.3) is 0 Å². The van der Waals surface area contributed by atoms with Crippen LogP contribution in [0.4, 0.5) is 0 Å². The van der Waals surface area contributed by atoms with Crippen molar-refractivity contribution >= 4 is 34.7 Å². The van der Waals surface area contributed by atoms with Gasteiger partial charge in [-0.05, 0) is 49.2 Å². The Bertz CT molecular complexity index is 1200. The molecule has 164 valence electrons. The molecular formula is C23H21ClN4O2S2. The smallest absolute Gasteiger partial charge is 0.191 e. The maximum absolute atomic E-state index is 6.21. The van der Waals surface area contributed by atoms with Gasteiger partial charge in [-0.1, -0.05) is 35.5 Å². The number of benzene rings is 2. The Hall–Kier alpha value is -2.55. The van der Waals surface area contributed by atoms with E-state index in [4.69, 9.17) is 26.1 Å². The minimum atomic E-state index is 0.339. The van der Waals surface area contributed by atoms with E-state index in [1.165, 1.54) is 0 Å². The Labute approximate surface area is 199 Å². The van der Waals surface area contributed by atoms with Crippen LogP contribution in [0.25, 0.3) is 10.6 Å². The van der Waals surface area contributed by atoms with Crippen LogP contribution >= 0.6 is 34.7 Å². The third-order valence-electron chi connectivity index (χ3n) is 5.08. The molecule has 1 fully saturated rings. The second-order valence-electron chi connectivity index (χ2n) is 7.38. The van der Waals surface area contributed by atoms with Crippen LogP contribution in [0.1, 0.15) is 30.4 Å². The van der Waals surface area contributed by atoms with Crippen molar-refractivity contribution < 1.29 is 9.47 Å². The summed E-state index contributed by atoms with van der Waals surface area (Å²) in [6.07, 6.45) is 2.28. The highest BCUT2D eigenvalue weighted by molar-refractivity contribution is 7.98. The van der Waals surface area contributed by atoms with Crippen LogP contribution in [0, 0.1) is 0 Å². The van der Waals surface area contributed by atoms with Gasteiger partial charge in [0.15, 0.2) is 11.0 Å². The molecule has 9 heteroatoms. The van der Waals surface area contributed by atoms with Crippen molar-refractivity contribution in [1.82, 2.24) is 19.7 Å². The second kappa shape index (κ2) is 9.52. The molecule has 0 unspecified atom stereocenters. The summed E-state index contributed by atoms with van der Waals surface area (Å²) in [5, 5.41) is 13.4. The molecule has 4 aromatic rings. The number of aromatic nitrogens is 4. The number of nitrogens with zero attached hydrogens (tertiary/aromatic N) is 4. The average molecular weight is 485 g/mol. The topological polar surface area (TPSA) is 62.1 Å². The lowest BCUT2D eigenvalue weighted by atomic mass is 10.2. The normalized spacial score (nSPS) is 13.3. The Morgan fingerprint density at radius 2 is 1.94 bits per heavy atom. The molecule has 0 spiro atoms. The third-order valence-corrected chi connectivity index (χ3v) is 7.31. The predicted octanol–water partition coefficient (Wildman–Crippen LogP) is 6.27. The summed E-state index contributed by atoms with van der Waals surface area (Å²) in [7, 11) is 1.67. The lowest BCUT2D eigenvalue weighted by molar-refractivity contribution is 0.288. The molecule has 5 rings (SSSR count). The summed E-state index contributed by atoms with van der Waals surface area (Å²) in [6, 6.07) is 15.9. The molecule has 0 bridgehead atoms. The summed E-state index contributed by atoms with van der Waals surface area (Å²) >= 11 is 9.51. The van der Waals surface area contributed by atoms with Crippen molar-refractivity contribution in [2.24, 2.45) is 0 Å². The average Bonchev–Trinajstić information content (AvgIpc) is 3.40. The number of ether oxygens (including phenoxy) is 2. The van der Waals surface area contributed by atoms with Gasteiger partial charge in [-0.25, -0.2) is 4.98 Å². The van der Waals surface area contributed by atoms with Gasteiger partial charge < -0.3 is 9.47 Å². The molecule has 0 atom stereocenters. The highest BCUT2D eigenvalue weighted by Gasteiger charge is 2.30. The zero-order chi connectivity index (χ0) is 21.9. The Morgan fingerprint density at radius 3 is 2.69 bits per heavy atom. The van der Waals surface area contributed by atoms with E-state index < -0.39 is 0 Å². The van der Waals surface area contributed by atoms with E-state index >= 15 is 0 Å². The fraction of sp³-hybridized carbons (Fsp3) is 0.261. The molecule has 32 heavy (non-hydrogen) atoms. The molecule has 0 aliphatic heterocycles. The lowest BCUT2D eigenvalue weighted by Crippen LogP contribution is -2.07. The first kappa shape index (κ1) is 21.3. The third kappa shape index (κ3) is 4.77. The van der Waals surface area contributed by atoms with E-state index in [0.717, 1.165) is 51.6 Å². The fourth-order valence-corrected chi connectivity index (χ4v) is 5.32. The van der Waals surface area contributed by atoms with E-state index in [1.54, 1.807) is 30.2 Å². The highest BCUT2D eigenvalue weighted by Crippen LogP contribution is 2.40. The maximum Gasteiger partial charge on any atom is 0.191 e. The minimum absolute atomic E-state index is 0.339. The van der Waals surface area contributed by atoms with Crippen LogP contribution in [0.5, 0.6) is 11.5 Å². The fourth-order valence-electron chi connectivity index (χ4n) is 3.29. The number of para-hydroxylation sites is 1. The van der Waals surface area contributed by atoms with Crippen molar-refractivity contribution in [2.45, 2.75) is 36.4 Å². The van der Waals surface area contributed by atoms with Gasteiger partial charge in [0.2, 0.25) is 0 Å². The molecular weight excluding hydrogens is 464 g/mol. The number of rotatable bonds is 9. The van der Waals surface area contributed by atoms with Crippen LogP contribution in [0.15, 0.2) is 59.1 Å². The molecule has 0 saturated heterocycles. The predicted molar refractivity (Wildman–Crippen MR) is 128 cm³/mol. The molecule has 0 radical (unpaired) electrons. The number of thioether (sulfide) groups is 1. The van der Waals surface area contributed by atoms with Crippen LogP contribution < -0.4 is 9.47 Å². The number of methoxy groups -OCH3 is 1. The Balaban J connectivity index is 1.26. The van der Waals surface area contributed by atoms with E-state index in [1.807, 2.05) is 48.5 Å². The van der Waals surface area contributed by atoms with E-state index in [0.29, 0.717) is 23.4 Å². The monoisotopic (exact) mass is 484 g/mol. The van der Waals surface area contributed by atoms with E-state index in [-0.39, 0.29) is 0 Å². The van der Waals surface area contributed by atoms with Gasteiger partial charge in [-0.15, -0.1) is 21.5 Å². The lowest BCUT2D eigenvalue weighted by Gasteiger charge is -2.10. The summed E-state index contributed by atoms with van der Waals surface area (Å²) in [5.41, 5.74) is 2.12. The maximum atomic E-state index is 6.21. The number of hydrogen-bond acceptors (Lipinski definition) is 7. The zero-order valence-corrected chi connectivity index (χ0v) is 19.8. The van der Waals surface area contributed by atoms with Crippen LogP contribution in [-0.4, -0.2) is 26.9 Å². The molecule has 0 N–H and O–H groups in total. The van der Waals surface area contributed by atoms with Gasteiger partial charge in [0.05, 0.1) is 17.8 Å². The van der Waals surface area contributed by atoms with Crippen molar-refractivity contribution in [2.75, 3.05) is 7.11 Å². The van der Waals surface area contributed by atoms with E-state index in [2.05, 4.69) is 20.1 Å². The highest BCUT2D eigenvalue weighted by atomic mass is 35.5. The second-order valence-corrected chi connectivity index (χ2v) is 9.59. The molecule has 6 nitrogen and oxygen atoms in total. The molecule has 2 aromatic carbocycles. The quantitative estimate of drug-likeness (QED) is 0.261. The van der Waals surface area contributed by atoms with Gasteiger partial charge in [-0.2, -0.15) is 0 Å². The van der Waals surface area contributed by atoms with Gasteiger partial charge in [-0.3, -0.25) is 4.57 Å². The van der Waals surface area contributed by atoms with Gasteiger partial charge >= 0.3 is 0 Å². The molecule has 2 aromatic heterocycles. The molecule has 0 amide bonds. The summed E-state index contributed by atoms with van der Waals surface area (Å²) in [5.74, 6) is 3.06. The van der Waals surface area contributed by atoms with Crippen LogP contribution in [-0.2, 0) is 12.4 Å². The first-order chi connectivity index (χ1) is 15.7.